The average Bonchev–Trinajstić information content (AvgIpc) is 2.95. The van der Waals surface area contributed by atoms with Crippen LogP contribution in [-0.2, 0) is 36.9 Å². The Labute approximate surface area is 155 Å². The summed E-state index contributed by atoms with van der Waals surface area (Å²) < 4.78 is 3.94. The number of carbonyl (C=O) groups excluding carboxylic acids is 1. The second-order valence-electron chi connectivity index (χ2n) is 5.64. The summed E-state index contributed by atoms with van der Waals surface area (Å²) in [6, 6.07) is 9.38. The number of fused-ring (bicyclic) bond motifs is 1. The number of amides is 1. The Morgan fingerprint density at radius 3 is 2.58 bits per heavy atom. The van der Waals surface area contributed by atoms with Crippen molar-refractivity contribution in [3.63, 3.8) is 0 Å². The summed E-state index contributed by atoms with van der Waals surface area (Å²) in [7, 11) is 2.89. The molecule has 1 aromatic carbocycles. The monoisotopic (exact) mass is 421 g/mol. The van der Waals surface area contributed by atoms with Crippen LogP contribution < -0.4 is 16.7 Å². The van der Waals surface area contributed by atoms with Gasteiger partial charge in [-0.15, -0.1) is 0 Å². The Bertz CT molecular complexity index is 1080. The molecule has 0 aliphatic carbocycles. The van der Waals surface area contributed by atoms with Gasteiger partial charge in [-0.05, 0) is 21.5 Å². The van der Waals surface area contributed by atoms with Crippen molar-refractivity contribution in [3.8, 4) is 0 Å². The molecule has 0 atom stereocenters. The van der Waals surface area contributed by atoms with Crippen LogP contribution >= 0.6 is 15.9 Å². The summed E-state index contributed by atoms with van der Waals surface area (Å²) in [6.45, 7) is 0.0454. The number of hydroxylamine groups is 1. The highest BCUT2D eigenvalue weighted by molar-refractivity contribution is 9.10. The quantitative estimate of drug-likeness (QED) is 0.475. The molecule has 0 aliphatic heterocycles. The van der Waals surface area contributed by atoms with Crippen LogP contribution in [0.3, 0.4) is 0 Å². The maximum absolute atomic E-state index is 12.2. The van der Waals surface area contributed by atoms with Gasteiger partial charge in [0.1, 0.15) is 6.54 Å². The number of nitrogens with zero attached hydrogens (tertiary/aromatic N) is 4. The summed E-state index contributed by atoms with van der Waals surface area (Å²) in [6.07, 6.45) is 0. The maximum Gasteiger partial charge on any atom is 0.332 e. The minimum atomic E-state index is -0.525. The zero-order valence-electron chi connectivity index (χ0n) is 14.1. The maximum atomic E-state index is 12.2. The van der Waals surface area contributed by atoms with E-state index in [1.165, 1.54) is 23.2 Å². The van der Waals surface area contributed by atoms with Crippen LogP contribution in [0.1, 0.15) is 5.56 Å². The number of rotatable bonds is 5. The Morgan fingerprint density at radius 1 is 1.19 bits per heavy atom. The van der Waals surface area contributed by atoms with Crippen molar-refractivity contribution in [3.05, 3.63) is 61.5 Å². The second kappa shape index (κ2) is 7.26. The lowest BCUT2D eigenvalue weighted by Gasteiger charge is -2.10. The fourth-order valence-corrected chi connectivity index (χ4v) is 3.02. The molecule has 0 aliphatic rings. The predicted molar refractivity (Wildman–Crippen MR) is 97.3 cm³/mol. The van der Waals surface area contributed by atoms with Crippen LogP contribution in [0, 0.1) is 0 Å². The van der Waals surface area contributed by atoms with E-state index in [2.05, 4.69) is 26.4 Å². The highest BCUT2D eigenvalue weighted by Crippen LogP contribution is 2.16. The molecule has 10 heteroatoms. The number of carbonyl (C=O) groups is 1. The van der Waals surface area contributed by atoms with Gasteiger partial charge in [0.2, 0.25) is 0 Å². The zero-order valence-corrected chi connectivity index (χ0v) is 15.7. The molecular weight excluding hydrogens is 406 g/mol. The molecule has 0 spiro atoms. The third-order valence-corrected chi connectivity index (χ3v) is 4.47. The molecule has 0 unspecified atom stereocenters. The van der Waals surface area contributed by atoms with Crippen LogP contribution in [0.25, 0.3) is 11.2 Å². The van der Waals surface area contributed by atoms with Crippen LogP contribution in [0.4, 0.5) is 0 Å². The van der Waals surface area contributed by atoms with Crippen molar-refractivity contribution in [2.45, 2.75) is 13.2 Å². The SMILES string of the molecule is Cn1c(=O)c2nc(Br)n(CC(=O)NOCc3ccccc3)c2n(C)c1=O. The van der Waals surface area contributed by atoms with E-state index in [0.717, 1.165) is 10.1 Å². The number of benzene rings is 1. The highest BCUT2D eigenvalue weighted by atomic mass is 79.9. The van der Waals surface area contributed by atoms with Gasteiger partial charge < -0.3 is 0 Å². The summed E-state index contributed by atoms with van der Waals surface area (Å²) in [5.41, 5.74) is 2.57. The molecular formula is C16H16BrN5O4. The van der Waals surface area contributed by atoms with E-state index in [0.29, 0.717) is 0 Å². The number of aryl methyl sites for hydroxylation is 1. The van der Waals surface area contributed by atoms with Gasteiger partial charge >= 0.3 is 5.69 Å². The van der Waals surface area contributed by atoms with Crippen LogP contribution in [0.15, 0.2) is 44.7 Å². The molecule has 2 heterocycles. The summed E-state index contributed by atoms with van der Waals surface area (Å²) in [5.74, 6) is -0.450. The number of hydrogen-bond donors (Lipinski definition) is 1. The molecule has 1 amide bonds. The Hall–Kier alpha value is -2.72. The summed E-state index contributed by atoms with van der Waals surface area (Å²) in [5, 5.41) is 0. The topological polar surface area (TPSA) is 100 Å². The smallest absolute Gasteiger partial charge is 0.295 e. The van der Waals surface area contributed by atoms with Crippen molar-refractivity contribution >= 4 is 33.0 Å². The number of halogens is 1. The highest BCUT2D eigenvalue weighted by Gasteiger charge is 2.19. The summed E-state index contributed by atoms with van der Waals surface area (Å²) >= 11 is 3.23. The van der Waals surface area contributed by atoms with Crippen molar-refractivity contribution in [2.24, 2.45) is 14.1 Å². The minimum absolute atomic E-state index is 0.0967. The molecule has 0 bridgehead atoms. The van der Waals surface area contributed by atoms with Crippen molar-refractivity contribution in [2.75, 3.05) is 0 Å². The molecule has 136 valence electrons. The number of nitrogens with one attached hydrogen (secondary N) is 1. The Balaban J connectivity index is 1.80. The third-order valence-electron chi connectivity index (χ3n) is 3.86. The molecule has 3 aromatic rings. The normalized spacial score (nSPS) is 11.0. The first-order chi connectivity index (χ1) is 12.4. The standard InChI is InChI=1S/C16H16BrN5O4/c1-20-13-12(14(24)21(2)16(20)25)18-15(17)22(13)8-11(23)19-26-9-10-6-4-3-5-7-10/h3-7H,8-9H2,1-2H3,(H,19,23). The van der Waals surface area contributed by atoms with Crippen molar-refractivity contribution < 1.29 is 9.63 Å². The van der Waals surface area contributed by atoms with Gasteiger partial charge in [0.15, 0.2) is 15.9 Å². The van der Waals surface area contributed by atoms with Gasteiger partial charge in [0.25, 0.3) is 11.5 Å². The van der Waals surface area contributed by atoms with Crippen LogP contribution in [-0.4, -0.2) is 24.6 Å². The fraction of sp³-hybridized carbons (Fsp3) is 0.250. The Morgan fingerprint density at radius 2 is 1.88 bits per heavy atom. The van der Waals surface area contributed by atoms with E-state index in [1.807, 2.05) is 30.3 Å². The van der Waals surface area contributed by atoms with Crippen LogP contribution in [0.5, 0.6) is 0 Å². The van der Waals surface area contributed by atoms with E-state index < -0.39 is 17.2 Å². The lowest BCUT2D eigenvalue weighted by molar-refractivity contribution is -0.135. The lowest BCUT2D eigenvalue weighted by atomic mass is 10.2. The third kappa shape index (κ3) is 3.33. The van der Waals surface area contributed by atoms with E-state index in [9.17, 15) is 14.4 Å². The van der Waals surface area contributed by atoms with Gasteiger partial charge in [-0.25, -0.2) is 15.3 Å². The first kappa shape index (κ1) is 18.1. The van der Waals surface area contributed by atoms with E-state index in [-0.39, 0.29) is 29.0 Å². The van der Waals surface area contributed by atoms with Crippen molar-refractivity contribution in [1.29, 1.82) is 0 Å². The Kier molecular flexibility index (Phi) is 5.05. The number of imidazole rings is 1. The molecule has 0 saturated carbocycles. The molecule has 0 radical (unpaired) electrons. The van der Waals surface area contributed by atoms with Gasteiger partial charge in [-0.2, -0.15) is 0 Å². The summed E-state index contributed by atoms with van der Waals surface area (Å²) in [4.78, 5) is 45.8. The average molecular weight is 422 g/mol. The largest absolute Gasteiger partial charge is 0.332 e. The van der Waals surface area contributed by atoms with Crippen LogP contribution in [0.2, 0.25) is 0 Å². The van der Waals surface area contributed by atoms with Gasteiger partial charge in [0, 0.05) is 14.1 Å². The molecule has 26 heavy (non-hydrogen) atoms. The molecule has 3 rings (SSSR count). The number of hydrogen-bond acceptors (Lipinski definition) is 5. The predicted octanol–water partition coefficient (Wildman–Crippen LogP) is 0.444. The molecule has 1 N–H and O–H groups in total. The molecule has 0 saturated heterocycles. The number of aromatic nitrogens is 4. The van der Waals surface area contributed by atoms with Crippen molar-refractivity contribution in [1.82, 2.24) is 24.2 Å². The molecule has 0 fully saturated rings. The van der Waals surface area contributed by atoms with E-state index in [1.54, 1.807) is 0 Å². The first-order valence-corrected chi connectivity index (χ1v) is 8.45. The van der Waals surface area contributed by atoms with E-state index >= 15 is 0 Å². The van der Waals surface area contributed by atoms with Gasteiger partial charge in [-0.1, -0.05) is 30.3 Å². The zero-order chi connectivity index (χ0) is 18.8. The molecule has 9 nitrogen and oxygen atoms in total. The second-order valence-corrected chi connectivity index (χ2v) is 6.35. The first-order valence-electron chi connectivity index (χ1n) is 7.66. The van der Waals surface area contributed by atoms with Gasteiger partial charge in [-0.3, -0.25) is 28.1 Å². The lowest BCUT2D eigenvalue weighted by Crippen LogP contribution is -2.38. The molecule has 2 aromatic heterocycles. The fourth-order valence-electron chi connectivity index (χ4n) is 2.55. The van der Waals surface area contributed by atoms with Gasteiger partial charge in [0.05, 0.1) is 6.61 Å². The van der Waals surface area contributed by atoms with E-state index in [4.69, 9.17) is 4.84 Å². The minimum Gasteiger partial charge on any atom is -0.295 e.